The molecule has 0 radical (unpaired) electrons. The van der Waals surface area contributed by atoms with Gasteiger partial charge in [0.05, 0.1) is 18.2 Å². The molecule has 0 saturated carbocycles. The van der Waals surface area contributed by atoms with Crippen molar-refractivity contribution >= 4 is 40.1 Å². The molecule has 0 aliphatic rings. The number of carbonyl (C=O) groups is 1. The van der Waals surface area contributed by atoms with Crippen LogP contribution in [0.15, 0.2) is 42.6 Å². The molecule has 3 nitrogen and oxygen atoms in total. The van der Waals surface area contributed by atoms with Crippen molar-refractivity contribution in [1.82, 2.24) is 4.98 Å². The van der Waals surface area contributed by atoms with Gasteiger partial charge in [0.2, 0.25) is 0 Å². The molecule has 0 fully saturated rings. The maximum atomic E-state index is 11.8. The fourth-order valence-corrected chi connectivity index (χ4v) is 3.09. The topological polar surface area (TPSA) is 39.2 Å². The Labute approximate surface area is 143 Å². The Morgan fingerprint density at radius 1 is 1.13 bits per heavy atom. The number of carbonyl (C=O) groups excluding carboxylic acids is 1. The Hall–Kier alpha value is -2.10. The molecule has 0 saturated heterocycles. The second-order valence-corrected chi connectivity index (χ2v) is 6.01. The highest BCUT2D eigenvalue weighted by molar-refractivity contribution is 6.36. The van der Waals surface area contributed by atoms with Gasteiger partial charge in [0.25, 0.3) is 0 Å². The van der Waals surface area contributed by atoms with Gasteiger partial charge in [-0.15, -0.1) is 0 Å². The summed E-state index contributed by atoms with van der Waals surface area (Å²) in [4.78, 5) is 16.2. The summed E-state index contributed by atoms with van der Waals surface area (Å²) in [6.45, 7) is 1.96. The van der Waals surface area contributed by atoms with Gasteiger partial charge in [0.15, 0.2) is 0 Å². The number of rotatable bonds is 2. The summed E-state index contributed by atoms with van der Waals surface area (Å²) in [6.07, 6.45) is 1.79. The van der Waals surface area contributed by atoms with E-state index in [2.05, 4.69) is 4.98 Å². The number of hydrogen-bond acceptors (Lipinski definition) is 3. The van der Waals surface area contributed by atoms with Gasteiger partial charge in [-0.05, 0) is 48.4 Å². The zero-order valence-electron chi connectivity index (χ0n) is 12.6. The molecule has 1 heterocycles. The minimum Gasteiger partial charge on any atom is -0.465 e. The zero-order valence-corrected chi connectivity index (χ0v) is 14.1. The van der Waals surface area contributed by atoms with Crippen LogP contribution >= 0.6 is 23.2 Å². The van der Waals surface area contributed by atoms with Gasteiger partial charge in [-0.25, -0.2) is 4.79 Å². The molecule has 0 N–H and O–H groups in total. The van der Waals surface area contributed by atoms with Gasteiger partial charge in [0.1, 0.15) is 0 Å². The molecule has 0 amide bonds. The molecule has 3 rings (SSSR count). The number of fused-ring (bicyclic) bond motifs is 1. The van der Waals surface area contributed by atoms with E-state index in [0.29, 0.717) is 15.6 Å². The number of methoxy groups -OCH3 is 1. The van der Waals surface area contributed by atoms with Crippen molar-refractivity contribution in [2.75, 3.05) is 7.11 Å². The first-order valence-corrected chi connectivity index (χ1v) is 7.70. The van der Waals surface area contributed by atoms with Crippen molar-refractivity contribution in [2.45, 2.75) is 6.92 Å². The van der Waals surface area contributed by atoms with E-state index in [1.165, 1.54) is 7.11 Å². The minimum absolute atomic E-state index is 0.387. The van der Waals surface area contributed by atoms with Crippen LogP contribution in [0.2, 0.25) is 10.0 Å². The fraction of sp³-hybridized carbons (Fsp3) is 0.111. The van der Waals surface area contributed by atoms with Crippen molar-refractivity contribution in [2.24, 2.45) is 0 Å². The Morgan fingerprint density at radius 3 is 2.61 bits per heavy atom. The Morgan fingerprint density at radius 2 is 1.91 bits per heavy atom. The molecule has 5 heteroatoms. The van der Waals surface area contributed by atoms with Crippen LogP contribution in [-0.2, 0) is 4.74 Å². The lowest BCUT2D eigenvalue weighted by atomic mass is 9.96. The average molecular weight is 346 g/mol. The molecule has 3 aromatic rings. The van der Waals surface area contributed by atoms with Crippen LogP contribution in [0.25, 0.3) is 22.0 Å². The van der Waals surface area contributed by atoms with E-state index in [-0.39, 0.29) is 5.97 Å². The molecule has 0 atom stereocenters. The van der Waals surface area contributed by atoms with E-state index in [1.807, 2.05) is 13.0 Å². The highest BCUT2D eigenvalue weighted by Gasteiger charge is 2.14. The van der Waals surface area contributed by atoms with Crippen LogP contribution < -0.4 is 0 Å². The summed E-state index contributed by atoms with van der Waals surface area (Å²) >= 11 is 12.4. The first-order valence-electron chi connectivity index (χ1n) is 6.94. The van der Waals surface area contributed by atoms with E-state index in [9.17, 15) is 4.79 Å². The number of pyridine rings is 1. The number of benzene rings is 2. The average Bonchev–Trinajstić information content (AvgIpc) is 2.54. The number of ether oxygens (including phenoxy) is 1. The summed E-state index contributed by atoms with van der Waals surface area (Å²) in [5, 5.41) is 1.97. The lowest BCUT2D eigenvalue weighted by Gasteiger charge is -2.13. The summed E-state index contributed by atoms with van der Waals surface area (Å²) in [5.74, 6) is -0.387. The zero-order chi connectivity index (χ0) is 16.6. The predicted octanol–water partition coefficient (Wildman–Crippen LogP) is 5.30. The number of esters is 1. The maximum absolute atomic E-state index is 11.8. The maximum Gasteiger partial charge on any atom is 0.337 e. The first kappa shape index (κ1) is 15.8. The molecular weight excluding hydrogens is 333 g/mol. The SMILES string of the molecule is COC(=O)c1ccc2ncc(C)c(-c3ccc(Cl)cc3Cl)c2c1. The highest BCUT2D eigenvalue weighted by atomic mass is 35.5. The second kappa shape index (κ2) is 6.19. The lowest BCUT2D eigenvalue weighted by Crippen LogP contribution is -2.01. The number of nitrogens with zero attached hydrogens (tertiary/aromatic N) is 1. The largest absolute Gasteiger partial charge is 0.465 e. The van der Waals surface area contributed by atoms with Gasteiger partial charge < -0.3 is 4.74 Å². The molecule has 2 aromatic carbocycles. The van der Waals surface area contributed by atoms with Crippen molar-refractivity contribution in [1.29, 1.82) is 0 Å². The molecule has 116 valence electrons. The van der Waals surface area contributed by atoms with Crippen LogP contribution in [0.1, 0.15) is 15.9 Å². The lowest BCUT2D eigenvalue weighted by molar-refractivity contribution is 0.0601. The predicted molar refractivity (Wildman–Crippen MR) is 93.3 cm³/mol. The highest BCUT2D eigenvalue weighted by Crippen LogP contribution is 2.36. The third kappa shape index (κ3) is 2.90. The fourth-order valence-electron chi connectivity index (χ4n) is 2.59. The minimum atomic E-state index is -0.387. The first-order chi connectivity index (χ1) is 11.0. The summed E-state index contributed by atoms with van der Waals surface area (Å²) in [7, 11) is 1.36. The molecule has 1 aromatic heterocycles. The van der Waals surface area contributed by atoms with Gasteiger partial charge in [-0.2, -0.15) is 0 Å². The molecule has 0 spiro atoms. The molecule has 0 aliphatic heterocycles. The molecule has 23 heavy (non-hydrogen) atoms. The molecule has 0 aliphatic carbocycles. The summed E-state index contributed by atoms with van der Waals surface area (Å²) in [6, 6.07) is 10.6. The number of aryl methyl sites for hydroxylation is 1. The number of hydrogen-bond donors (Lipinski definition) is 0. The van der Waals surface area contributed by atoms with Gasteiger partial charge in [-0.1, -0.05) is 29.3 Å². The van der Waals surface area contributed by atoms with Gasteiger partial charge >= 0.3 is 5.97 Å². The van der Waals surface area contributed by atoms with Gasteiger partial charge in [0, 0.05) is 27.2 Å². The quantitative estimate of drug-likeness (QED) is 0.591. The van der Waals surface area contributed by atoms with Crippen LogP contribution in [0.5, 0.6) is 0 Å². The second-order valence-electron chi connectivity index (χ2n) is 5.16. The van der Waals surface area contributed by atoms with E-state index in [1.54, 1.807) is 36.5 Å². The van der Waals surface area contributed by atoms with Crippen molar-refractivity contribution in [3.8, 4) is 11.1 Å². The molecular formula is C18H13Cl2NO2. The van der Waals surface area contributed by atoms with Crippen molar-refractivity contribution < 1.29 is 9.53 Å². The summed E-state index contributed by atoms with van der Waals surface area (Å²) in [5.41, 5.74) is 4.00. The Balaban J connectivity index is 2.33. The third-order valence-electron chi connectivity index (χ3n) is 3.68. The number of aromatic nitrogens is 1. The van der Waals surface area contributed by atoms with E-state index >= 15 is 0 Å². The number of halogens is 2. The van der Waals surface area contributed by atoms with Crippen LogP contribution in [0, 0.1) is 6.92 Å². The van der Waals surface area contributed by atoms with Gasteiger partial charge in [-0.3, -0.25) is 4.98 Å². The van der Waals surface area contributed by atoms with Crippen molar-refractivity contribution in [3.63, 3.8) is 0 Å². The van der Waals surface area contributed by atoms with Crippen LogP contribution in [-0.4, -0.2) is 18.1 Å². The summed E-state index contributed by atoms with van der Waals surface area (Å²) < 4.78 is 4.80. The van der Waals surface area contributed by atoms with E-state index < -0.39 is 0 Å². The van der Waals surface area contributed by atoms with E-state index in [0.717, 1.165) is 27.6 Å². The van der Waals surface area contributed by atoms with Crippen molar-refractivity contribution in [3.05, 3.63) is 63.8 Å². The standard InChI is InChI=1S/C18H13Cl2NO2/c1-10-9-21-16-6-3-11(18(22)23-2)7-14(16)17(10)13-5-4-12(19)8-15(13)20/h3-9H,1-2H3. The third-order valence-corrected chi connectivity index (χ3v) is 4.23. The van der Waals surface area contributed by atoms with E-state index in [4.69, 9.17) is 27.9 Å². The molecule has 0 bridgehead atoms. The monoisotopic (exact) mass is 345 g/mol. The smallest absolute Gasteiger partial charge is 0.337 e. The molecule has 0 unspecified atom stereocenters. The van der Waals surface area contributed by atoms with Crippen LogP contribution in [0.3, 0.4) is 0 Å². The Bertz CT molecular complexity index is 922. The Kier molecular flexibility index (Phi) is 4.24. The normalized spacial score (nSPS) is 10.8. The van der Waals surface area contributed by atoms with Crippen LogP contribution in [0.4, 0.5) is 0 Å².